The summed E-state index contributed by atoms with van der Waals surface area (Å²) in [4.78, 5) is 25.8. The number of carbonyl (C=O) groups excluding carboxylic acids is 1. The smallest absolute Gasteiger partial charge is 0.356 e. The number of aliphatic imine (C=N–C) groups is 3. The highest BCUT2D eigenvalue weighted by Gasteiger charge is 2.36. The van der Waals surface area contributed by atoms with Crippen LogP contribution in [0.5, 0.6) is 0 Å². The first kappa shape index (κ1) is 40.0. The molecule has 0 aromatic heterocycles. The van der Waals surface area contributed by atoms with Crippen LogP contribution in [0.15, 0.2) is 45.3 Å². The summed E-state index contributed by atoms with van der Waals surface area (Å²) in [6.45, 7) is 7.07. The van der Waals surface area contributed by atoms with Crippen molar-refractivity contribution < 1.29 is 27.9 Å². The number of nitrogens with zero attached hydrogens (tertiary/aromatic N) is 4. The van der Waals surface area contributed by atoms with E-state index in [2.05, 4.69) is 28.8 Å². The number of nitrogens with two attached hydrogens (primary N) is 1. The first-order valence-electron chi connectivity index (χ1n) is 18.2. The van der Waals surface area contributed by atoms with E-state index in [1.807, 2.05) is 37.3 Å². The molecule has 3 rings (SSSR count). The van der Waals surface area contributed by atoms with Gasteiger partial charge >= 0.3 is 7.60 Å². The summed E-state index contributed by atoms with van der Waals surface area (Å²) < 4.78 is 37.3. The molecule has 4 unspecified atom stereocenters. The predicted octanol–water partition coefficient (Wildman–Crippen LogP) is 8.02. The molecule has 2 N–H and O–H groups in total. The van der Waals surface area contributed by atoms with E-state index in [-0.39, 0.29) is 31.6 Å². The van der Waals surface area contributed by atoms with Crippen molar-refractivity contribution in [1.82, 2.24) is 4.90 Å². The number of carbonyl (C=O) groups is 1. The standard InChI is InChI=1S/C36H60N5O6P/c1-4-5-6-7-8-9-10-11-12-13-14-15-16-18-21-30(2)44-24-25-46-48(43,47-27-32-22-19-17-20-23-32)29-45-31(3)26-41-28-38-33-34(41)39-36(37)40-35(33)42/h17,19-20,22-23,28,30-31,33H,4-16,18,21,24-27,29H2,1-3H3,(H2,37,40,42). The molecule has 12 heteroatoms. The van der Waals surface area contributed by atoms with Gasteiger partial charge in [0, 0.05) is 0 Å². The van der Waals surface area contributed by atoms with Gasteiger partial charge in [0.05, 0.1) is 44.9 Å². The van der Waals surface area contributed by atoms with Gasteiger partial charge < -0.3 is 29.2 Å². The molecular weight excluding hydrogens is 629 g/mol. The number of ether oxygens (including phenoxy) is 2. The molecule has 0 radical (unpaired) electrons. The lowest BCUT2D eigenvalue weighted by atomic mass is 10.0. The van der Waals surface area contributed by atoms with Crippen molar-refractivity contribution in [2.75, 3.05) is 26.1 Å². The minimum atomic E-state index is -3.62. The maximum Gasteiger partial charge on any atom is 0.356 e. The van der Waals surface area contributed by atoms with E-state index in [0.717, 1.165) is 18.4 Å². The molecule has 11 nitrogen and oxygen atoms in total. The third-order valence-electron chi connectivity index (χ3n) is 8.56. The fourth-order valence-electron chi connectivity index (χ4n) is 5.73. The van der Waals surface area contributed by atoms with Crippen molar-refractivity contribution >= 4 is 31.6 Å². The van der Waals surface area contributed by atoms with Crippen molar-refractivity contribution in [2.45, 2.75) is 142 Å². The van der Waals surface area contributed by atoms with Crippen LogP contribution in [0.3, 0.4) is 0 Å². The van der Waals surface area contributed by atoms with Crippen molar-refractivity contribution in [3.63, 3.8) is 0 Å². The first-order valence-corrected chi connectivity index (χ1v) is 19.9. The molecule has 0 aliphatic carbocycles. The van der Waals surface area contributed by atoms with Gasteiger partial charge in [0.15, 0.2) is 6.04 Å². The summed E-state index contributed by atoms with van der Waals surface area (Å²) in [5.74, 6) is -0.144. The Labute approximate surface area is 288 Å². The number of hydrogen-bond acceptors (Lipinski definition) is 10. The zero-order chi connectivity index (χ0) is 34.5. The molecule has 1 aromatic rings. The van der Waals surface area contributed by atoms with E-state index in [1.54, 1.807) is 4.90 Å². The van der Waals surface area contributed by atoms with E-state index in [0.29, 0.717) is 19.0 Å². The molecule has 270 valence electrons. The highest BCUT2D eigenvalue weighted by Crippen LogP contribution is 2.49. The minimum Gasteiger partial charge on any atom is -0.376 e. The van der Waals surface area contributed by atoms with Crippen LogP contribution in [0.1, 0.15) is 123 Å². The number of unbranched alkanes of at least 4 members (excludes halogenated alkanes) is 13. The number of amides is 1. The Kier molecular flexibility index (Phi) is 19.2. The second kappa shape index (κ2) is 23.1. The molecule has 0 saturated carbocycles. The van der Waals surface area contributed by atoms with Crippen LogP contribution in [-0.2, 0) is 34.5 Å². The number of rotatable bonds is 28. The summed E-state index contributed by atoms with van der Waals surface area (Å²) in [7, 11) is -3.62. The molecule has 2 aliphatic heterocycles. The Hall–Kier alpha value is -2.43. The third kappa shape index (κ3) is 15.9. The van der Waals surface area contributed by atoms with Crippen LogP contribution >= 0.6 is 7.60 Å². The highest BCUT2D eigenvalue weighted by atomic mass is 31.2. The lowest BCUT2D eigenvalue weighted by Crippen LogP contribution is -2.42. The Morgan fingerprint density at radius 3 is 2.08 bits per heavy atom. The molecule has 0 fully saturated rings. The van der Waals surface area contributed by atoms with Crippen LogP contribution in [0, 0.1) is 0 Å². The van der Waals surface area contributed by atoms with Gasteiger partial charge in [-0.15, -0.1) is 0 Å². The number of guanidine groups is 1. The van der Waals surface area contributed by atoms with Gasteiger partial charge in [0.1, 0.15) is 12.2 Å². The maximum atomic E-state index is 13.7. The highest BCUT2D eigenvalue weighted by molar-refractivity contribution is 7.53. The van der Waals surface area contributed by atoms with Crippen LogP contribution in [-0.4, -0.2) is 73.3 Å². The molecular formula is C36H60N5O6P. The second-order valence-corrected chi connectivity index (χ2v) is 15.0. The van der Waals surface area contributed by atoms with Gasteiger partial charge in [-0.2, -0.15) is 9.98 Å². The van der Waals surface area contributed by atoms with Crippen LogP contribution in [0.25, 0.3) is 0 Å². The Morgan fingerprint density at radius 1 is 0.812 bits per heavy atom. The van der Waals surface area contributed by atoms with Gasteiger partial charge in [-0.05, 0) is 25.8 Å². The Morgan fingerprint density at radius 2 is 1.44 bits per heavy atom. The van der Waals surface area contributed by atoms with Crippen molar-refractivity contribution in [1.29, 1.82) is 0 Å². The van der Waals surface area contributed by atoms with Crippen molar-refractivity contribution in [3.05, 3.63) is 35.9 Å². The fourth-order valence-corrected chi connectivity index (χ4v) is 7.09. The van der Waals surface area contributed by atoms with Crippen LogP contribution in [0.4, 0.5) is 0 Å². The maximum absolute atomic E-state index is 13.7. The average molecular weight is 690 g/mol. The molecule has 2 aliphatic rings. The zero-order valence-electron chi connectivity index (χ0n) is 29.6. The summed E-state index contributed by atoms with van der Waals surface area (Å²) in [6, 6.07) is 8.73. The van der Waals surface area contributed by atoms with Gasteiger partial charge in [-0.1, -0.05) is 127 Å². The normalized spacial score (nSPS) is 18.4. The molecule has 0 bridgehead atoms. The molecule has 4 atom stereocenters. The first-order chi connectivity index (χ1) is 23.3. The Balaban J connectivity index is 1.30. The monoisotopic (exact) mass is 689 g/mol. The summed E-state index contributed by atoms with van der Waals surface area (Å²) >= 11 is 0. The van der Waals surface area contributed by atoms with Gasteiger partial charge in [0.25, 0.3) is 5.91 Å². The number of hydrogen-bond donors (Lipinski definition) is 1. The lowest BCUT2D eigenvalue weighted by molar-refractivity contribution is -0.117. The molecule has 1 amide bonds. The SMILES string of the molecule is CCCCCCCCCCCCCCCCC(C)OCCOP(=O)(COC(C)CN1C=NC2C(=O)N=C(N)N=C21)OCc1ccccc1. The predicted molar refractivity (Wildman–Crippen MR) is 194 cm³/mol. The van der Waals surface area contributed by atoms with Crippen LogP contribution < -0.4 is 5.73 Å². The molecule has 0 saturated heterocycles. The Bertz CT molecular complexity index is 1200. The quantitative estimate of drug-likeness (QED) is 0.0690. The number of amidine groups is 1. The number of fused-ring (bicyclic) bond motifs is 1. The third-order valence-corrected chi connectivity index (χ3v) is 10.1. The molecule has 2 heterocycles. The fraction of sp³-hybridized carbons (Fsp3) is 0.722. The van der Waals surface area contributed by atoms with E-state index < -0.39 is 25.6 Å². The summed E-state index contributed by atoms with van der Waals surface area (Å²) in [6.07, 6.45) is 20.8. The molecule has 48 heavy (non-hydrogen) atoms. The summed E-state index contributed by atoms with van der Waals surface area (Å²) in [5.41, 5.74) is 6.55. The van der Waals surface area contributed by atoms with Gasteiger partial charge in [-0.25, -0.2) is 0 Å². The van der Waals surface area contributed by atoms with Crippen molar-refractivity contribution in [3.8, 4) is 0 Å². The van der Waals surface area contributed by atoms with E-state index in [9.17, 15) is 9.36 Å². The topological polar surface area (TPSA) is 137 Å². The largest absolute Gasteiger partial charge is 0.376 e. The number of benzene rings is 1. The van der Waals surface area contributed by atoms with E-state index in [1.165, 1.54) is 89.8 Å². The zero-order valence-corrected chi connectivity index (χ0v) is 30.5. The second-order valence-electron chi connectivity index (χ2n) is 13.0. The average Bonchev–Trinajstić information content (AvgIpc) is 3.48. The van der Waals surface area contributed by atoms with Gasteiger partial charge in [0.2, 0.25) is 5.96 Å². The van der Waals surface area contributed by atoms with E-state index in [4.69, 9.17) is 24.3 Å². The lowest BCUT2D eigenvalue weighted by Gasteiger charge is -2.25. The van der Waals surface area contributed by atoms with E-state index >= 15 is 0 Å². The van der Waals surface area contributed by atoms with Crippen molar-refractivity contribution in [2.24, 2.45) is 20.7 Å². The molecule has 0 spiro atoms. The molecule has 1 aromatic carbocycles. The van der Waals surface area contributed by atoms with Crippen LogP contribution in [0.2, 0.25) is 0 Å². The minimum absolute atomic E-state index is 0.0985. The summed E-state index contributed by atoms with van der Waals surface area (Å²) in [5, 5.41) is 0. The van der Waals surface area contributed by atoms with Gasteiger partial charge in [-0.3, -0.25) is 14.4 Å².